The van der Waals surface area contributed by atoms with E-state index in [1.807, 2.05) is 0 Å². The molecule has 0 fully saturated rings. The summed E-state index contributed by atoms with van der Waals surface area (Å²) in [4.78, 5) is 21.7. The minimum absolute atomic E-state index is 0.176. The highest BCUT2D eigenvalue weighted by atomic mass is 19.4. The highest BCUT2D eigenvalue weighted by Gasteiger charge is 2.38. The van der Waals surface area contributed by atoms with Crippen molar-refractivity contribution in [1.29, 1.82) is 0 Å². The molecule has 2 heterocycles. The van der Waals surface area contributed by atoms with Crippen molar-refractivity contribution >= 4 is 5.97 Å². The summed E-state index contributed by atoms with van der Waals surface area (Å²) in [6.07, 6.45) is -2.85. The molecule has 0 saturated carbocycles. The van der Waals surface area contributed by atoms with Crippen molar-refractivity contribution < 1.29 is 23.1 Å². The predicted octanol–water partition coefficient (Wildman–Crippen LogP) is 2.56. The highest BCUT2D eigenvalue weighted by molar-refractivity contribution is 5.88. The van der Waals surface area contributed by atoms with Gasteiger partial charge in [0.25, 0.3) is 0 Å². The van der Waals surface area contributed by atoms with Gasteiger partial charge in [0.1, 0.15) is 11.3 Å². The number of pyridine rings is 1. The zero-order valence-electron chi connectivity index (χ0n) is 10.1. The van der Waals surface area contributed by atoms with Crippen LogP contribution >= 0.6 is 0 Å². The van der Waals surface area contributed by atoms with Crippen molar-refractivity contribution in [2.75, 3.05) is 0 Å². The standard InChI is InChI=1S/C12H8F3N3O2/c1-6-3-2-4-16-8(6)10-17-5-7(11(19)20)9(18-10)12(13,14)15/h2-5H,1H3,(H,19,20). The van der Waals surface area contributed by atoms with E-state index in [4.69, 9.17) is 5.11 Å². The molecule has 0 aromatic carbocycles. The fraction of sp³-hybridized carbons (Fsp3) is 0.167. The molecule has 2 aromatic heterocycles. The lowest BCUT2D eigenvalue weighted by molar-refractivity contribution is -0.141. The Morgan fingerprint density at radius 3 is 2.55 bits per heavy atom. The molecule has 0 aliphatic rings. The number of aromatic carboxylic acids is 1. The molecule has 5 nitrogen and oxygen atoms in total. The second-order valence-electron chi connectivity index (χ2n) is 3.93. The first-order valence-electron chi connectivity index (χ1n) is 5.40. The molecule has 0 amide bonds. The maximum absolute atomic E-state index is 12.8. The van der Waals surface area contributed by atoms with Crippen LogP contribution in [-0.4, -0.2) is 26.0 Å². The van der Waals surface area contributed by atoms with Gasteiger partial charge >= 0.3 is 12.1 Å². The Morgan fingerprint density at radius 2 is 2.00 bits per heavy atom. The van der Waals surface area contributed by atoms with Crippen LogP contribution in [-0.2, 0) is 6.18 Å². The van der Waals surface area contributed by atoms with Crippen LogP contribution in [0.1, 0.15) is 21.6 Å². The van der Waals surface area contributed by atoms with Crippen LogP contribution < -0.4 is 0 Å². The van der Waals surface area contributed by atoms with E-state index in [1.165, 1.54) is 6.20 Å². The number of aromatic nitrogens is 3. The molecule has 0 unspecified atom stereocenters. The summed E-state index contributed by atoms with van der Waals surface area (Å²) in [5.74, 6) is -2.00. The number of alkyl halides is 3. The normalized spacial score (nSPS) is 11.4. The van der Waals surface area contributed by atoms with Crippen LogP contribution in [0.5, 0.6) is 0 Å². The van der Waals surface area contributed by atoms with Gasteiger partial charge < -0.3 is 5.11 Å². The maximum Gasteiger partial charge on any atom is 0.434 e. The van der Waals surface area contributed by atoms with Crippen LogP contribution in [0.25, 0.3) is 11.5 Å². The van der Waals surface area contributed by atoms with Crippen molar-refractivity contribution in [2.24, 2.45) is 0 Å². The van der Waals surface area contributed by atoms with E-state index in [0.717, 1.165) is 0 Å². The van der Waals surface area contributed by atoms with E-state index >= 15 is 0 Å². The Kier molecular flexibility index (Phi) is 3.39. The Labute approximate surface area is 111 Å². The number of hydrogen-bond donors (Lipinski definition) is 1. The topological polar surface area (TPSA) is 76.0 Å². The Balaban J connectivity index is 2.65. The van der Waals surface area contributed by atoms with Crippen LogP contribution in [0.4, 0.5) is 13.2 Å². The molecule has 0 spiro atoms. The van der Waals surface area contributed by atoms with Crippen molar-refractivity contribution in [3.63, 3.8) is 0 Å². The first kappa shape index (κ1) is 13.9. The molecule has 0 radical (unpaired) electrons. The molecule has 0 atom stereocenters. The third-order valence-electron chi connectivity index (χ3n) is 2.51. The van der Waals surface area contributed by atoms with Crippen molar-refractivity contribution in [1.82, 2.24) is 15.0 Å². The summed E-state index contributed by atoms with van der Waals surface area (Å²) in [6.45, 7) is 1.64. The van der Waals surface area contributed by atoms with Gasteiger partial charge in [-0.15, -0.1) is 0 Å². The number of aryl methyl sites for hydroxylation is 1. The second kappa shape index (κ2) is 4.87. The first-order valence-corrected chi connectivity index (χ1v) is 5.40. The quantitative estimate of drug-likeness (QED) is 0.916. The minimum Gasteiger partial charge on any atom is -0.478 e. The number of hydrogen-bond acceptors (Lipinski definition) is 4. The Morgan fingerprint density at radius 1 is 1.30 bits per heavy atom. The van der Waals surface area contributed by atoms with E-state index in [9.17, 15) is 18.0 Å². The molecular weight excluding hydrogens is 275 g/mol. The van der Waals surface area contributed by atoms with Crippen LogP contribution in [0.2, 0.25) is 0 Å². The minimum atomic E-state index is -4.88. The van der Waals surface area contributed by atoms with Gasteiger partial charge in [-0.1, -0.05) is 6.07 Å². The number of carbonyl (C=O) groups is 1. The second-order valence-corrected chi connectivity index (χ2v) is 3.93. The predicted molar refractivity (Wildman–Crippen MR) is 62.0 cm³/mol. The average Bonchev–Trinajstić information content (AvgIpc) is 2.37. The zero-order chi connectivity index (χ0) is 14.9. The van der Waals surface area contributed by atoms with Crippen LogP contribution in [0, 0.1) is 6.92 Å². The molecule has 0 saturated heterocycles. The summed E-state index contributed by atoms with van der Waals surface area (Å²) in [7, 11) is 0. The van der Waals surface area contributed by atoms with Gasteiger partial charge in [-0.25, -0.2) is 14.8 Å². The third kappa shape index (κ3) is 2.58. The van der Waals surface area contributed by atoms with Crippen molar-refractivity contribution in [3.05, 3.63) is 41.3 Å². The molecule has 2 aromatic rings. The van der Waals surface area contributed by atoms with E-state index in [-0.39, 0.29) is 11.5 Å². The largest absolute Gasteiger partial charge is 0.478 e. The lowest BCUT2D eigenvalue weighted by Crippen LogP contribution is -2.17. The lowest BCUT2D eigenvalue weighted by atomic mass is 10.2. The van der Waals surface area contributed by atoms with Gasteiger partial charge in [0, 0.05) is 12.4 Å². The van der Waals surface area contributed by atoms with Gasteiger partial charge in [0.2, 0.25) is 0 Å². The number of carboxylic acid groups (broad SMARTS) is 1. The van der Waals surface area contributed by atoms with E-state index in [0.29, 0.717) is 11.8 Å². The summed E-state index contributed by atoms with van der Waals surface area (Å²) in [5.41, 5.74) is -1.71. The molecule has 0 bridgehead atoms. The number of rotatable bonds is 2. The van der Waals surface area contributed by atoms with Gasteiger partial charge in [0.05, 0.1) is 0 Å². The lowest BCUT2D eigenvalue weighted by Gasteiger charge is -2.10. The monoisotopic (exact) mass is 283 g/mol. The first-order chi connectivity index (χ1) is 9.30. The number of halogens is 3. The molecule has 0 aliphatic carbocycles. The Bertz CT molecular complexity index is 671. The van der Waals surface area contributed by atoms with E-state index in [2.05, 4.69) is 15.0 Å². The van der Waals surface area contributed by atoms with Crippen molar-refractivity contribution in [3.8, 4) is 11.5 Å². The maximum atomic E-state index is 12.8. The molecule has 104 valence electrons. The fourth-order valence-electron chi connectivity index (χ4n) is 1.59. The fourth-order valence-corrected chi connectivity index (χ4v) is 1.59. The summed E-state index contributed by atoms with van der Waals surface area (Å²) >= 11 is 0. The molecule has 20 heavy (non-hydrogen) atoms. The van der Waals surface area contributed by atoms with Gasteiger partial charge in [-0.3, -0.25) is 4.98 Å². The zero-order valence-corrected chi connectivity index (χ0v) is 10.1. The SMILES string of the molecule is Cc1cccnc1-c1ncc(C(=O)O)c(C(F)(F)F)n1. The van der Waals surface area contributed by atoms with Crippen LogP contribution in [0.3, 0.4) is 0 Å². The molecular formula is C12H8F3N3O2. The smallest absolute Gasteiger partial charge is 0.434 e. The number of carboxylic acids is 1. The number of nitrogens with zero attached hydrogens (tertiary/aromatic N) is 3. The average molecular weight is 283 g/mol. The van der Waals surface area contributed by atoms with E-state index in [1.54, 1.807) is 19.1 Å². The molecule has 1 N–H and O–H groups in total. The molecule has 8 heteroatoms. The Hall–Kier alpha value is -2.51. The molecule has 2 rings (SSSR count). The van der Waals surface area contributed by atoms with Gasteiger partial charge in [0.15, 0.2) is 11.5 Å². The third-order valence-corrected chi connectivity index (χ3v) is 2.51. The summed E-state index contributed by atoms with van der Waals surface area (Å²) in [5, 5.41) is 8.75. The summed E-state index contributed by atoms with van der Waals surface area (Å²) < 4.78 is 38.5. The van der Waals surface area contributed by atoms with Gasteiger partial charge in [-0.05, 0) is 18.6 Å². The van der Waals surface area contributed by atoms with Crippen molar-refractivity contribution in [2.45, 2.75) is 13.1 Å². The highest BCUT2D eigenvalue weighted by Crippen LogP contribution is 2.31. The van der Waals surface area contributed by atoms with Gasteiger partial charge in [-0.2, -0.15) is 13.2 Å². The van der Waals surface area contributed by atoms with Crippen LogP contribution in [0.15, 0.2) is 24.5 Å². The van der Waals surface area contributed by atoms with E-state index < -0.39 is 23.4 Å². The summed E-state index contributed by atoms with van der Waals surface area (Å²) in [6, 6.07) is 3.26. The molecule has 0 aliphatic heterocycles.